The summed E-state index contributed by atoms with van der Waals surface area (Å²) in [6.07, 6.45) is 3.10. The van der Waals surface area contributed by atoms with Crippen molar-refractivity contribution in [3.8, 4) is 0 Å². The quantitative estimate of drug-likeness (QED) is 0.780. The monoisotopic (exact) mass is 343 g/mol. The summed E-state index contributed by atoms with van der Waals surface area (Å²) in [6.45, 7) is 0.585. The number of amides is 2. The Labute approximate surface area is 145 Å². The summed E-state index contributed by atoms with van der Waals surface area (Å²) in [5.74, 6) is -0.0322. The lowest BCUT2D eigenvalue weighted by molar-refractivity contribution is 0.0929. The molecule has 4 N–H and O–H groups in total. The minimum atomic E-state index is -0.203. The molecule has 2 unspecified atom stereocenters. The highest BCUT2D eigenvalue weighted by molar-refractivity contribution is 7.12. The van der Waals surface area contributed by atoms with Crippen LogP contribution >= 0.6 is 11.3 Å². The first-order chi connectivity index (χ1) is 11.7. The summed E-state index contributed by atoms with van der Waals surface area (Å²) in [4.78, 5) is 25.5. The average Bonchev–Trinajstić information content (AvgIpc) is 3.26. The van der Waals surface area contributed by atoms with Gasteiger partial charge in [-0.25, -0.2) is 0 Å². The van der Waals surface area contributed by atoms with Crippen LogP contribution in [0.1, 0.15) is 39.3 Å². The molecule has 0 spiro atoms. The van der Waals surface area contributed by atoms with Crippen molar-refractivity contribution in [1.29, 1.82) is 0 Å². The zero-order chi connectivity index (χ0) is 16.9. The molecule has 24 heavy (non-hydrogen) atoms. The molecule has 0 radical (unpaired) electrons. The molecule has 1 heterocycles. The third-order valence-corrected chi connectivity index (χ3v) is 5.31. The van der Waals surface area contributed by atoms with Gasteiger partial charge in [0.25, 0.3) is 11.8 Å². The zero-order valence-corrected chi connectivity index (χ0v) is 14.1. The topological polar surface area (TPSA) is 84.2 Å². The molecular formula is C18H21N3O2S. The molecule has 126 valence electrons. The molecule has 0 saturated heterocycles. The summed E-state index contributed by atoms with van der Waals surface area (Å²) >= 11 is 1.37. The maximum absolute atomic E-state index is 12.7. The third-order valence-electron chi connectivity index (χ3n) is 4.44. The molecule has 3 rings (SSSR count). The number of para-hydroxylation sites is 1. The smallest absolute Gasteiger partial charge is 0.265 e. The number of carbonyl (C=O) groups is 2. The van der Waals surface area contributed by atoms with E-state index in [4.69, 9.17) is 5.73 Å². The van der Waals surface area contributed by atoms with Gasteiger partial charge in [-0.05, 0) is 48.9 Å². The highest BCUT2D eigenvalue weighted by Gasteiger charge is 2.28. The van der Waals surface area contributed by atoms with E-state index >= 15 is 0 Å². The first-order valence-electron chi connectivity index (χ1n) is 8.14. The van der Waals surface area contributed by atoms with Crippen LogP contribution in [-0.4, -0.2) is 24.4 Å². The lowest BCUT2D eigenvalue weighted by Crippen LogP contribution is -2.40. The van der Waals surface area contributed by atoms with Crippen LogP contribution in [0, 0.1) is 5.92 Å². The van der Waals surface area contributed by atoms with Crippen LogP contribution in [0.3, 0.4) is 0 Å². The summed E-state index contributed by atoms with van der Waals surface area (Å²) < 4.78 is 0. The van der Waals surface area contributed by atoms with E-state index in [1.54, 1.807) is 30.3 Å². The van der Waals surface area contributed by atoms with E-state index < -0.39 is 0 Å². The second-order valence-corrected chi connectivity index (χ2v) is 6.93. The minimum Gasteiger partial charge on any atom is -0.349 e. The lowest BCUT2D eigenvalue weighted by Gasteiger charge is -2.20. The summed E-state index contributed by atoms with van der Waals surface area (Å²) in [5, 5.41) is 7.75. The second-order valence-electron chi connectivity index (χ2n) is 5.98. The predicted molar refractivity (Wildman–Crippen MR) is 96.4 cm³/mol. The molecule has 1 saturated carbocycles. The van der Waals surface area contributed by atoms with Crippen LogP contribution in [0.4, 0.5) is 5.69 Å². The Kier molecular flexibility index (Phi) is 5.27. The molecular weight excluding hydrogens is 322 g/mol. The fraction of sp³-hybridized carbons (Fsp3) is 0.333. The van der Waals surface area contributed by atoms with Crippen LogP contribution in [0.2, 0.25) is 0 Å². The van der Waals surface area contributed by atoms with E-state index in [0.29, 0.717) is 28.6 Å². The van der Waals surface area contributed by atoms with Crippen molar-refractivity contribution >= 4 is 28.8 Å². The maximum atomic E-state index is 12.7. The molecule has 6 heteroatoms. The molecule has 1 aliphatic rings. The van der Waals surface area contributed by atoms with E-state index in [1.807, 2.05) is 11.4 Å². The SMILES string of the molecule is NCC1CCCC1NC(=O)c1ccccc1NC(=O)c1cccs1. The number of nitrogens with two attached hydrogens (primary N) is 1. The fourth-order valence-corrected chi connectivity index (χ4v) is 3.76. The van der Waals surface area contributed by atoms with Crippen LogP contribution in [-0.2, 0) is 0 Å². The molecule has 0 aliphatic heterocycles. The molecule has 2 atom stereocenters. The number of hydrogen-bond acceptors (Lipinski definition) is 4. The van der Waals surface area contributed by atoms with E-state index in [-0.39, 0.29) is 17.9 Å². The Bertz CT molecular complexity index is 715. The van der Waals surface area contributed by atoms with Crippen molar-refractivity contribution in [2.45, 2.75) is 25.3 Å². The van der Waals surface area contributed by atoms with Gasteiger partial charge in [0.05, 0.1) is 16.1 Å². The normalized spacial score (nSPS) is 19.9. The van der Waals surface area contributed by atoms with Crippen molar-refractivity contribution in [3.63, 3.8) is 0 Å². The highest BCUT2D eigenvalue weighted by Crippen LogP contribution is 2.25. The number of thiophene rings is 1. The Hall–Kier alpha value is -2.18. The number of nitrogens with one attached hydrogen (secondary N) is 2. The Morgan fingerprint density at radius 2 is 1.96 bits per heavy atom. The van der Waals surface area contributed by atoms with Gasteiger partial charge in [-0.2, -0.15) is 0 Å². The lowest BCUT2D eigenvalue weighted by atomic mass is 10.0. The van der Waals surface area contributed by atoms with Gasteiger partial charge in [0, 0.05) is 6.04 Å². The standard InChI is InChI=1S/C18H21N3O2S/c19-11-12-5-3-8-14(12)20-17(22)13-6-1-2-7-15(13)21-18(23)16-9-4-10-24-16/h1-2,4,6-7,9-10,12,14H,3,5,8,11,19H2,(H,20,22)(H,21,23). The fourth-order valence-electron chi connectivity index (χ4n) is 3.14. The largest absolute Gasteiger partial charge is 0.349 e. The van der Waals surface area contributed by atoms with Crippen molar-refractivity contribution in [2.24, 2.45) is 11.7 Å². The maximum Gasteiger partial charge on any atom is 0.265 e. The zero-order valence-electron chi connectivity index (χ0n) is 13.3. The number of rotatable bonds is 5. The number of hydrogen-bond donors (Lipinski definition) is 3. The van der Waals surface area contributed by atoms with Crippen LogP contribution in [0.15, 0.2) is 41.8 Å². The van der Waals surface area contributed by atoms with E-state index in [1.165, 1.54) is 11.3 Å². The molecule has 1 aliphatic carbocycles. The van der Waals surface area contributed by atoms with E-state index in [2.05, 4.69) is 10.6 Å². The van der Waals surface area contributed by atoms with Gasteiger partial charge in [0.2, 0.25) is 0 Å². The van der Waals surface area contributed by atoms with E-state index in [9.17, 15) is 9.59 Å². The van der Waals surface area contributed by atoms with E-state index in [0.717, 1.165) is 19.3 Å². The number of benzene rings is 1. The van der Waals surface area contributed by atoms with Gasteiger partial charge >= 0.3 is 0 Å². The second kappa shape index (κ2) is 7.59. The van der Waals surface area contributed by atoms with Crippen LogP contribution in [0.25, 0.3) is 0 Å². The molecule has 0 bridgehead atoms. The van der Waals surface area contributed by atoms with Gasteiger partial charge in [-0.3, -0.25) is 9.59 Å². The highest BCUT2D eigenvalue weighted by atomic mass is 32.1. The van der Waals surface area contributed by atoms with Gasteiger partial charge in [0.15, 0.2) is 0 Å². The number of anilines is 1. The summed E-state index contributed by atoms with van der Waals surface area (Å²) in [7, 11) is 0. The molecule has 2 aromatic rings. The molecule has 1 aromatic carbocycles. The van der Waals surface area contributed by atoms with Crippen molar-refractivity contribution < 1.29 is 9.59 Å². The molecule has 1 aromatic heterocycles. The first-order valence-corrected chi connectivity index (χ1v) is 9.02. The van der Waals surface area contributed by atoms with Crippen LogP contribution < -0.4 is 16.4 Å². The van der Waals surface area contributed by atoms with Gasteiger partial charge < -0.3 is 16.4 Å². The molecule has 5 nitrogen and oxygen atoms in total. The number of carbonyl (C=O) groups excluding carboxylic acids is 2. The minimum absolute atomic E-state index is 0.114. The summed E-state index contributed by atoms with van der Waals surface area (Å²) in [6, 6.07) is 10.8. The Balaban J connectivity index is 1.73. The third kappa shape index (κ3) is 3.66. The average molecular weight is 343 g/mol. The Morgan fingerprint density at radius 3 is 2.71 bits per heavy atom. The molecule has 2 amide bonds. The van der Waals surface area contributed by atoms with Crippen molar-refractivity contribution in [1.82, 2.24) is 5.32 Å². The summed E-state index contributed by atoms with van der Waals surface area (Å²) in [5.41, 5.74) is 6.78. The van der Waals surface area contributed by atoms with Gasteiger partial charge in [0.1, 0.15) is 0 Å². The van der Waals surface area contributed by atoms with Gasteiger partial charge in [-0.15, -0.1) is 11.3 Å². The molecule has 1 fully saturated rings. The van der Waals surface area contributed by atoms with Gasteiger partial charge in [-0.1, -0.05) is 24.6 Å². The predicted octanol–water partition coefficient (Wildman–Crippen LogP) is 2.86. The van der Waals surface area contributed by atoms with Crippen molar-refractivity contribution in [3.05, 3.63) is 52.2 Å². The Morgan fingerprint density at radius 1 is 1.12 bits per heavy atom. The first kappa shape index (κ1) is 16.7. The van der Waals surface area contributed by atoms with Crippen molar-refractivity contribution in [2.75, 3.05) is 11.9 Å². The van der Waals surface area contributed by atoms with Crippen LogP contribution in [0.5, 0.6) is 0 Å².